The van der Waals surface area contributed by atoms with Crippen LogP contribution in [0.5, 0.6) is 0 Å². The van der Waals surface area contributed by atoms with E-state index in [4.69, 9.17) is 4.74 Å². The molecule has 0 amide bonds. The Balaban J connectivity index is 1.39. The molecule has 0 unspecified atom stereocenters. The molecule has 5 heteroatoms. The van der Waals surface area contributed by atoms with Crippen LogP contribution in [0.15, 0.2) is 24.3 Å². The van der Waals surface area contributed by atoms with Crippen LogP contribution in [0, 0.1) is 11.2 Å². The van der Waals surface area contributed by atoms with E-state index in [9.17, 15) is 9.18 Å². The Morgan fingerprint density at radius 3 is 2.27 bits per heavy atom. The second-order valence-electron chi connectivity index (χ2n) is 7.75. The van der Waals surface area contributed by atoms with Crippen LogP contribution in [0.25, 0.3) is 0 Å². The van der Waals surface area contributed by atoms with Gasteiger partial charge in [-0.25, -0.2) is 4.39 Å². The van der Waals surface area contributed by atoms with E-state index in [2.05, 4.69) is 23.6 Å². The molecule has 2 aliphatic heterocycles. The summed E-state index contributed by atoms with van der Waals surface area (Å²) >= 11 is 0. The molecular formula is C21H31FN2O2. The van der Waals surface area contributed by atoms with Crippen LogP contribution in [-0.4, -0.2) is 54.6 Å². The first-order valence-corrected chi connectivity index (χ1v) is 9.95. The third kappa shape index (κ3) is 4.44. The Labute approximate surface area is 156 Å². The van der Waals surface area contributed by atoms with Gasteiger partial charge in [0, 0.05) is 45.7 Å². The number of piperazine rings is 1. The standard InChI is InChI=1S/C21H31FN2O2/c1-3-21(4-2)15-19(26-20(21)25)9-10-23-11-13-24(14-12-23)16-17-5-7-18(22)8-6-17/h5-8,19H,3-4,9-16H2,1-2H3/t19-/m0/s1. The highest BCUT2D eigenvalue weighted by Crippen LogP contribution is 2.41. The number of benzene rings is 1. The average molecular weight is 362 g/mol. The third-order valence-electron chi connectivity index (χ3n) is 6.23. The van der Waals surface area contributed by atoms with Crippen molar-refractivity contribution < 1.29 is 13.9 Å². The molecule has 2 aliphatic rings. The monoisotopic (exact) mass is 362 g/mol. The molecule has 0 radical (unpaired) electrons. The Morgan fingerprint density at radius 2 is 1.69 bits per heavy atom. The van der Waals surface area contributed by atoms with Crippen LogP contribution >= 0.6 is 0 Å². The summed E-state index contributed by atoms with van der Waals surface area (Å²) in [5.41, 5.74) is 0.923. The molecule has 0 N–H and O–H groups in total. The van der Waals surface area contributed by atoms with Crippen LogP contribution in [0.2, 0.25) is 0 Å². The molecule has 1 aromatic rings. The SMILES string of the molecule is CCC1(CC)C[C@H](CCN2CCN(Cc3ccc(F)cc3)CC2)OC1=O. The van der Waals surface area contributed by atoms with E-state index in [0.717, 1.165) is 70.5 Å². The van der Waals surface area contributed by atoms with Crippen molar-refractivity contribution in [1.29, 1.82) is 0 Å². The largest absolute Gasteiger partial charge is 0.462 e. The number of carbonyl (C=O) groups excluding carboxylic acids is 1. The van der Waals surface area contributed by atoms with Crippen molar-refractivity contribution in [3.05, 3.63) is 35.6 Å². The number of carbonyl (C=O) groups is 1. The lowest BCUT2D eigenvalue weighted by atomic mass is 9.79. The summed E-state index contributed by atoms with van der Waals surface area (Å²) in [5.74, 6) is -0.169. The predicted octanol–water partition coefficient (Wildman–Crippen LogP) is 3.46. The van der Waals surface area contributed by atoms with E-state index in [1.54, 1.807) is 0 Å². The summed E-state index contributed by atoms with van der Waals surface area (Å²) in [7, 11) is 0. The van der Waals surface area contributed by atoms with E-state index in [-0.39, 0.29) is 23.3 Å². The van der Waals surface area contributed by atoms with Gasteiger partial charge in [0.2, 0.25) is 0 Å². The highest BCUT2D eigenvalue weighted by atomic mass is 19.1. The second kappa shape index (κ2) is 8.49. The van der Waals surface area contributed by atoms with Crippen molar-refractivity contribution in [1.82, 2.24) is 9.80 Å². The van der Waals surface area contributed by atoms with Gasteiger partial charge >= 0.3 is 5.97 Å². The van der Waals surface area contributed by atoms with Gasteiger partial charge in [-0.2, -0.15) is 0 Å². The van der Waals surface area contributed by atoms with E-state index < -0.39 is 0 Å². The van der Waals surface area contributed by atoms with Crippen molar-refractivity contribution >= 4 is 5.97 Å². The summed E-state index contributed by atoms with van der Waals surface area (Å²) in [4.78, 5) is 17.1. The first kappa shape index (κ1) is 19.3. The van der Waals surface area contributed by atoms with Gasteiger partial charge < -0.3 is 9.64 Å². The lowest BCUT2D eigenvalue weighted by Crippen LogP contribution is -2.46. The molecule has 2 fully saturated rings. The van der Waals surface area contributed by atoms with E-state index in [1.165, 1.54) is 12.1 Å². The molecule has 1 aromatic carbocycles. The molecule has 0 bridgehead atoms. The minimum Gasteiger partial charge on any atom is -0.462 e. The number of hydrogen-bond donors (Lipinski definition) is 0. The lowest BCUT2D eigenvalue weighted by Gasteiger charge is -2.35. The number of cyclic esters (lactones) is 1. The van der Waals surface area contributed by atoms with Crippen LogP contribution < -0.4 is 0 Å². The maximum absolute atomic E-state index is 13.0. The summed E-state index contributed by atoms with van der Waals surface area (Å²) < 4.78 is 18.6. The summed E-state index contributed by atoms with van der Waals surface area (Å²) in [6.07, 6.45) is 3.65. The zero-order valence-corrected chi connectivity index (χ0v) is 16.0. The van der Waals surface area contributed by atoms with Crippen molar-refractivity contribution in [2.45, 2.75) is 52.2 Å². The number of hydrogen-bond acceptors (Lipinski definition) is 4. The number of halogens is 1. The number of ether oxygens (including phenoxy) is 1. The minimum absolute atomic E-state index is 0.0108. The van der Waals surface area contributed by atoms with Crippen molar-refractivity contribution in [3.63, 3.8) is 0 Å². The third-order valence-corrected chi connectivity index (χ3v) is 6.23. The van der Waals surface area contributed by atoms with E-state index >= 15 is 0 Å². The fraction of sp³-hybridized carbons (Fsp3) is 0.667. The van der Waals surface area contributed by atoms with Gasteiger partial charge in [0.15, 0.2) is 0 Å². The Hall–Kier alpha value is -1.46. The van der Waals surface area contributed by atoms with Crippen LogP contribution in [0.3, 0.4) is 0 Å². The maximum Gasteiger partial charge on any atom is 0.312 e. The van der Waals surface area contributed by atoms with Gasteiger partial charge in [0.1, 0.15) is 11.9 Å². The molecule has 26 heavy (non-hydrogen) atoms. The lowest BCUT2D eigenvalue weighted by molar-refractivity contribution is -0.149. The molecule has 2 heterocycles. The van der Waals surface area contributed by atoms with Crippen molar-refractivity contribution in [3.8, 4) is 0 Å². The molecule has 1 atom stereocenters. The predicted molar refractivity (Wildman–Crippen MR) is 100 cm³/mol. The number of nitrogens with zero attached hydrogens (tertiary/aromatic N) is 2. The zero-order chi connectivity index (χ0) is 18.6. The summed E-state index contributed by atoms with van der Waals surface area (Å²) in [6.45, 7) is 10.2. The molecule has 4 nitrogen and oxygen atoms in total. The molecule has 144 valence electrons. The highest BCUT2D eigenvalue weighted by molar-refractivity contribution is 5.78. The second-order valence-corrected chi connectivity index (χ2v) is 7.75. The number of esters is 1. The van der Waals surface area contributed by atoms with E-state index in [1.807, 2.05) is 12.1 Å². The zero-order valence-electron chi connectivity index (χ0n) is 16.0. The molecule has 0 aliphatic carbocycles. The minimum atomic E-state index is -0.238. The topological polar surface area (TPSA) is 32.8 Å². The van der Waals surface area contributed by atoms with Gasteiger partial charge in [-0.05, 0) is 37.0 Å². The van der Waals surface area contributed by atoms with Gasteiger partial charge in [-0.1, -0.05) is 26.0 Å². The highest BCUT2D eigenvalue weighted by Gasteiger charge is 2.46. The quantitative estimate of drug-likeness (QED) is 0.696. The van der Waals surface area contributed by atoms with Gasteiger partial charge in [-0.3, -0.25) is 9.69 Å². The molecule has 3 rings (SSSR count). The molecule has 0 aromatic heterocycles. The maximum atomic E-state index is 13.0. The Morgan fingerprint density at radius 1 is 1.08 bits per heavy atom. The molecule has 0 saturated carbocycles. The average Bonchev–Trinajstić information content (AvgIpc) is 2.99. The van der Waals surface area contributed by atoms with Gasteiger partial charge in [-0.15, -0.1) is 0 Å². The molecule has 2 saturated heterocycles. The van der Waals surface area contributed by atoms with Gasteiger partial charge in [0.05, 0.1) is 5.41 Å². The number of rotatable bonds is 7. The normalized spacial score (nSPS) is 24.0. The van der Waals surface area contributed by atoms with Crippen LogP contribution in [0.4, 0.5) is 4.39 Å². The van der Waals surface area contributed by atoms with Crippen molar-refractivity contribution in [2.75, 3.05) is 32.7 Å². The van der Waals surface area contributed by atoms with Crippen LogP contribution in [0.1, 0.15) is 45.1 Å². The first-order chi connectivity index (χ1) is 12.5. The van der Waals surface area contributed by atoms with Crippen molar-refractivity contribution in [2.24, 2.45) is 5.41 Å². The summed E-state index contributed by atoms with van der Waals surface area (Å²) in [6, 6.07) is 6.79. The molecule has 0 spiro atoms. The molecular weight excluding hydrogens is 331 g/mol. The van der Waals surface area contributed by atoms with Crippen LogP contribution in [-0.2, 0) is 16.1 Å². The fourth-order valence-electron chi connectivity index (χ4n) is 4.17. The first-order valence-electron chi connectivity index (χ1n) is 9.95. The van der Waals surface area contributed by atoms with E-state index in [0.29, 0.717) is 0 Å². The fourth-order valence-corrected chi connectivity index (χ4v) is 4.17. The Kier molecular flexibility index (Phi) is 6.30. The summed E-state index contributed by atoms with van der Waals surface area (Å²) in [5, 5.41) is 0. The smallest absolute Gasteiger partial charge is 0.312 e. The Bertz CT molecular complexity index is 593. The van der Waals surface area contributed by atoms with Gasteiger partial charge in [0.25, 0.3) is 0 Å².